The second-order valence-corrected chi connectivity index (χ2v) is 4.75. The SMILES string of the molecule is COc1cccc(/C=C/C[N+](C)(C)C)c1.O=C[O-]. The highest BCUT2D eigenvalue weighted by Gasteiger charge is 2.01. The molecule has 18 heavy (non-hydrogen) atoms. The Morgan fingerprint density at radius 2 is 1.94 bits per heavy atom. The molecule has 0 atom stereocenters. The summed E-state index contributed by atoms with van der Waals surface area (Å²) in [5.41, 5.74) is 1.18. The highest BCUT2D eigenvalue weighted by atomic mass is 16.5. The number of hydrogen-bond acceptors (Lipinski definition) is 3. The fourth-order valence-corrected chi connectivity index (χ4v) is 1.25. The molecule has 0 aliphatic heterocycles. The molecule has 0 aliphatic carbocycles. The maximum Gasteiger partial charge on any atom is 0.119 e. The van der Waals surface area contributed by atoms with Crippen LogP contribution in [0.2, 0.25) is 0 Å². The van der Waals surface area contributed by atoms with Gasteiger partial charge in [0.05, 0.1) is 34.8 Å². The van der Waals surface area contributed by atoms with Gasteiger partial charge in [0.25, 0.3) is 0 Å². The molecule has 100 valence electrons. The zero-order valence-corrected chi connectivity index (χ0v) is 11.4. The second kappa shape index (κ2) is 8.31. The average Bonchev–Trinajstić information content (AvgIpc) is 2.29. The van der Waals surface area contributed by atoms with Gasteiger partial charge in [0.2, 0.25) is 0 Å². The Labute approximate surface area is 109 Å². The van der Waals surface area contributed by atoms with Crippen LogP contribution in [0.25, 0.3) is 6.08 Å². The third-order valence-electron chi connectivity index (χ3n) is 2.06. The zero-order chi connectivity index (χ0) is 14.0. The van der Waals surface area contributed by atoms with Gasteiger partial charge < -0.3 is 19.1 Å². The third kappa shape index (κ3) is 8.35. The minimum atomic E-state index is -0.500. The van der Waals surface area contributed by atoms with Gasteiger partial charge in [0.15, 0.2) is 0 Å². The molecule has 1 aromatic rings. The van der Waals surface area contributed by atoms with Crippen LogP contribution in [0.3, 0.4) is 0 Å². The first-order chi connectivity index (χ1) is 8.42. The Kier molecular flexibility index (Phi) is 7.47. The van der Waals surface area contributed by atoms with Crippen LogP contribution >= 0.6 is 0 Å². The molecule has 4 nitrogen and oxygen atoms in total. The number of methoxy groups -OCH3 is 1. The molecule has 0 saturated heterocycles. The smallest absolute Gasteiger partial charge is 0.119 e. The lowest BCUT2D eigenvalue weighted by atomic mass is 10.2. The van der Waals surface area contributed by atoms with Gasteiger partial charge in [-0.15, -0.1) is 0 Å². The number of nitrogens with zero attached hydrogens (tertiary/aromatic N) is 1. The number of carbonyl (C=O) groups is 1. The summed E-state index contributed by atoms with van der Waals surface area (Å²) in [5.74, 6) is 0.905. The van der Waals surface area contributed by atoms with Gasteiger partial charge >= 0.3 is 0 Å². The van der Waals surface area contributed by atoms with Crippen molar-refractivity contribution in [3.8, 4) is 5.75 Å². The van der Waals surface area contributed by atoms with Crippen LogP contribution in [0.4, 0.5) is 0 Å². The van der Waals surface area contributed by atoms with E-state index in [0.29, 0.717) is 0 Å². The molecule has 0 heterocycles. The molecule has 0 spiro atoms. The second-order valence-electron chi connectivity index (χ2n) is 4.75. The highest BCUT2D eigenvalue weighted by molar-refractivity contribution is 5.51. The van der Waals surface area contributed by atoms with E-state index in [-0.39, 0.29) is 0 Å². The monoisotopic (exact) mass is 251 g/mol. The summed E-state index contributed by atoms with van der Waals surface area (Å²) in [6.45, 7) is 0.525. The molecular weight excluding hydrogens is 230 g/mol. The first-order valence-electron chi connectivity index (χ1n) is 5.59. The minimum absolute atomic E-state index is 0.500. The molecule has 0 fully saturated rings. The molecule has 0 saturated carbocycles. The standard InChI is InChI=1S/C13H20NO.CH2O2/c1-14(2,3)10-6-8-12-7-5-9-13(11-12)15-4;2-1-3/h5-9,11H,10H2,1-4H3;1H,(H,2,3)/q+1;/p-1/b8-6+;. The van der Waals surface area contributed by atoms with Crippen LogP contribution in [0.15, 0.2) is 30.3 Å². The van der Waals surface area contributed by atoms with E-state index in [1.807, 2.05) is 18.2 Å². The third-order valence-corrected chi connectivity index (χ3v) is 2.06. The van der Waals surface area contributed by atoms with Gasteiger partial charge in [0, 0.05) is 6.47 Å². The van der Waals surface area contributed by atoms with Crippen molar-refractivity contribution in [1.82, 2.24) is 0 Å². The van der Waals surface area contributed by atoms with Gasteiger partial charge in [-0.1, -0.05) is 18.2 Å². The molecule has 4 heteroatoms. The van der Waals surface area contributed by atoms with Gasteiger partial charge in [-0.05, 0) is 23.8 Å². The molecule has 0 radical (unpaired) electrons. The molecule has 1 aromatic carbocycles. The Balaban J connectivity index is 0.000000873. The summed E-state index contributed by atoms with van der Waals surface area (Å²) in [4.78, 5) is 8.25. The summed E-state index contributed by atoms with van der Waals surface area (Å²) in [6.07, 6.45) is 4.32. The fourth-order valence-electron chi connectivity index (χ4n) is 1.25. The van der Waals surface area contributed by atoms with Crippen LogP contribution in [-0.2, 0) is 4.79 Å². The van der Waals surface area contributed by atoms with Gasteiger partial charge in [-0.25, -0.2) is 0 Å². The minimum Gasteiger partial charge on any atom is -0.554 e. The van der Waals surface area contributed by atoms with Crippen LogP contribution in [0.5, 0.6) is 5.75 Å². The average molecular weight is 251 g/mol. The maximum absolute atomic E-state index is 8.25. The van der Waals surface area contributed by atoms with Crippen LogP contribution in [-0.4, -0.2) is 45.8 Å². The zero-order valence-electron chi connectivity index (χ0n) is 11.4. The van der Waals surface area contributed by atoms with E-state index in [1.54, 1.807) is 7.11 Å². The van der Waals surface area contributed by atoms with E-state index >= 15 is 0 Å². The van der Waals surface area contributed by atoms with Crippen molar-refractivity contribution < 1.29 is 19.1 Å². The van der Waals surface area contributed by atoms with Crippen molar-refractivity contribution in [2.75, 3.05) is 34.8 Å². The van der Waals surface area contributed by atoms with E-state index < -0.39 is 6.47 Å². The molecule has 0 aliphatic rings. The summed E-state index contributed by atoms with van der Waals surface area (Å²) in [5, 5.41) is 8.25. The van der Waals surface area contributed by atoms with Gasteiger partial charge in [-0.3, -0.25) is 0 Å². The number of carboxylic acid groups (broad SMARTS) is 1. The van der Waals surface area contributed by atoms with Crippen LogP contribution in [0.1, 0.15) is 5.56 Å². The fraction of sp³-hybridized carbons (Fsp3) is 0.357. The Bertz CT molecular complexity index is 381. The van der Waals surface area contributed by atoms with Crippen molar-refractivity contribution in [2.24, 2.45) is 0 Å². The van der Waals surface area contributed by atoms with Crippen molar-refractivity contribution >= 4 is 12.5 Å². The lowest BCUT2D eigenvalue weighted by molar-refractivity contribution is -0.864. The van der Waals surface area contributed by atoms with E-state index in [1.165, 1.54) is 5.56 Å². The van der Waals surface area contributed by atoms with Crippen molar-refractivity contribution in [3.63, 3.8) is 0 Å². The first-order valence-corrected chi connectivity index (χ1v) is 5.59. The molecule has 0 amide bonds. The number of rotatable bonds is 4. The lowest BCUT2D eigenvalue weighted by Crippen LogP contribution is -2.34. The number of ether oxygens (including phenoxy) is 1. The predicted molar refractivity (Wildman–Crippen MR) is 71.0 cm³/mol. The molecule has 0 unspecified atom stereocenters. The van der Waals surface area contributed by atoms with Crippen LogP contribution < -0.4 is 9.84 Å². The maximum atomic E-state index is 8.25. The number of likely N-dealkylation sites (N-methyl/N-ethyl adjacent to an activating group) is 1. The lowest BCUT2D eigenvalue weighted by Gasteiger charge is -2.21. The highest BCUT2D eigenvalue weighted by Crippen LogP contribution is 2.13. The number of quaternary nitrogens is 1. The normalized spacial score (nSPS) is 10.7. The van der Waals surface area contributed by atoms with Crippen molar-refractivity contribution in [3.05, 3.63) is 35.9 Å². The molecular formula is C14H21NO3. The van der Waals surface area contributed by atoms with Gasteiger partial charge in [-0.2, -0.15) is 0 Å². The van der Waals surface area contributed by atoms with E-state index in [9.17, 15) is 0 Å². The molecule has 0 bridgehead atoms. The Morgan fingerprint density at radius 3 is 2.44 bits per heavy atom. The summed E-state index contributed by atoms with van der Waals surface area (Å²) in [6, 6.07) is 8.07. The summed E-state index contributed by atoms with van der Waals surface area (Å²) < 4.78 is 6.11. The van der Waals surface area contributed by atoms with E-state index in [4.69, 9.17) is 14.6 Å². The summed E-state index contributed by atoms with van der Waals surface area (Å²) >= 11 is 0. The topological polar surface area (TPSA) is 49.4 Å². The number of benzene rings is 1. The Morgan fingerprint density at radius 1 is 1.33 bits per heavy atom. The number of carbonyl (C=O) groups excluding carboxylic acids is 1. The van der Waals surface area contributed by atoms with Gasteiger partial charge in [0.1, 0.15) is 5.75 Å². The van der Waals surface area contributed by atoms with Crippen molar-refractivity contribution in [2.45, 2.75) is 0 Å². The van der Waals surface area contributed by atoms with E-state index in [0.717, 1.165) is 16.8 Å². The van der Waals surface area contributed by atoms with Crippen LogP contribution in [0, 0.1) is 0 Å². The first kappa shape index (κ1) is 16.2. The summed E-state index contributed by atoms with van der Waals surface area (Å²) in [7, 11) is 8.22. The Hall–Kier alpha value is -1.81. The molecule has 1 rings (SSSR count). The quantitative estimate of drug-likeness (QED) is 0.587. The molecule has 0 aromatic heterocycles. The largest absolute Gasteiger partial charge is 0.554 e. The van der Waals surface area contributed by atoms with Crippen molar-refractivity contribution in [1.29, 1.82) is 0 Å². The number of hydrogen-bond donors (Lipinski definition) is 0. The molecule has 0 N–H and O–H groups in total. The van der Waals surface area contributed by atoms with E-state index in [2.05, 4.69) is 39.4 Å². The predicted octanol–water partition coefficient (Wildman–Crippen LogP) is 0.781.